The molecule has 0 radical (unpaired) electrons. The number of rotatable bonds is 4. The van der Waals surface area contributed by atoms with Crippen molar-refractivity contribution in [3.63, 3.8) is 0 Å². The smallest absolute Gasteiger partial charge is 0.321 e. The number of nitrogens with one attached hydrogen (secondary N) is 1. The van der Waals surface area contributed by atoms with Gasteiger partial charge in [-0.15, -0.1) is 0 Å². The standard InChI is InChI=1S/C14H13N3OS/c18-19(9-7-11-4-2-1-3-5-11)14-16-12-6-8-15-10-13(12)17-14/h1-6,8,10H,7,9H2,(H,16,17). The Hall–Kier alpha value is -1.85. The number of hydrogen-bond donors (Lipinski definition) is 1. The Morgan fingerprint density at radius 2 is 2.00 bits per heavy atom. The van der Waals surface area contributed by atoms with Gasteiger partial charge in [0.05, 0.1) is 11.7 Å². The number of pyridine rings is 1. The molecule has 0 spiro atoms. The molecule has 1 atom stereocenters. The van der Waals surface area contributed by atoms with E-state index in [1.165, 1.54) is 5.56 Å². The maximum atomic E-state index is 12.2. The molecule has 2 heterocycles. The topological polar surface area (TPSA) is 64.6 Å². The first kappa shape index (κ1) is 12.2. The largest absolute Gasteiger partial charge is 0.609 e. The number of hydrogen-bond acceptors (Lipinski definition) is 3. The Kier molecular flexibility index (Phi) is 3.48. The van der Waals surface area contributed by atoms with E-state index in [-0.39, 0.29) is 0 Å². The van der Waals surface area contributed by atoms with Gasteiger partial charge in [0.15, 0.2) is 0 Å². The van der Waals surface area contributed by atoms with E-state index in [2.05, 4.69) is 15.0 Å². The van der Waals surface area contributed by atoms with Crippen molar-refractivity contribution in [2.75, 3.05) is 5.75 Å². The summed E-state index contributed by atoms with van der Waals surface area (Å²) in [6.07, 6.45) is 4.14. The average molecular weight is 271 g/mol. The molecule has 96 valence electrons. The Bertz CT molecular complexity index is 636. The molecule has 0 bridgehead atoms. The van der Waals surface area contributed by atoms with E-state index in [9.17, 15) is 4.55 Å². The van der Waals surface area contributed by atoms with Crippen molar-refractivity contribution in [1.82, 2.24) is 15.0 Å². The predicted molar refractivity (Wildman–Crippen MR) is 75.3 cm³/mol. The molecule has 1 unspecified atom stereocenters. The van der Waals surface area contributed by atoms with Gasteiger partial charge in [0.2, 0.25) is 0 Å². The number of nitrogens with zero attached hydrogens (tertiary/aromatic N) is 2. The lowest BCUT2D eigenvalue weighted by molar-refractivity contribution is 0.587. The lowest BCUT2D eigenvalue weighted by Gasteiger charge is -2.06. The number of benzene rings is 1. The number of aromatic amines is 1. The lowest BCUT2D eigenvalue weighted by Crippen LogP contribution is -2.10. The minimum absolute atomic E-state index is 0.527. The number of aromatic nitrogens is 3. The van der Waals surface area contributed by atoms with Crippen LogP contribution in [0.3, 0.4) is 0 Å². The summed E-state index contributed by atoms with van der Waals surface area (Å²) in [7, 11) is 0. The molecule has 0 fully saturated rings. The van der Waals surface area contributed by atoms with Gasteiger partial charge in [0, 0.05) is 23.8 Å². The van der Waals surface area contributed by atoms with Crippen LogP contribution in [0.4, 0.5) is 0 Å². The van der Waals surface area contributed by atoms with Gasteiger partial charge in [-0.1, -0.05) is 30.3 Å². The molecule has 0 aliphatic carbocycles. The van der Waals surface area contributed by atoms with Crippen LogP contribution < -0.4 is 0 Å². The summed E-state index contributed by atoms with van der Waals surface area (Å²) < 4.78 is 12.2. The van der Waals surface area contributed by atoms with Crippen LogP contribution in [-0.2, 0) is 17.6 Å². The summed E-state index contributed by atoms with van der Waals surface area (Å²) in [4.78, 5) is 11.4. The molecule has 5 heteroatoms. The van der Waals surface area contributed by atoms with Crippen molar-refractivity contribution >= 4 is 22.2 Å². The van der Waals surface area contributed by atoms with Gasteiger partial charge in [-0.05, 0) is 11.6 Å². The fraction of sp³-hybridized carbons (Fsp3) is 0.143. The lowest BCUT2D eigenvalue weighted by atomic mass is 10.2. The second kappa shape index (κ2) is 5.42. The highest BCUT2D eigenvalue weighted by Gasteiger charge is 2.16. The molecule has 0 saturated carbocycles. The van der Waals surface area contributed by atoms with Crippen LogP contribution in [0.2, 0.25) is 0 Å². The van der Waals surface area contributed by atoms with Crippen LogP contribution >= 0.6 is 0 Å². The highest BCUT2D eigenvalue weighted by molar-refractivity contribution is 7.91. The monoisotopic (exact) mass is 271 g/mol. The van der Waals surface area contributed by atoms with Crippen LogP contribution in [0.1, 0.15) is 5.56 Å². The molecule has 0 saturated heterocycles. The fourth-order valence-corrected chi connectivity index (χ4v) is 2.93. The van der Waals surface area contributed by atoms with Crippen LogP contribution in [-0.4, -0.2) is 25.3 Å². The highest BCUT2D eigenvalue weighted by Crippen LogP contribution is 2.15. The summed E-state index contributed by atoms with van der Waals surface area (Å²) in [5.74, 6) is 0.567. The van der Waals surface area contributed by atoms with Crippen LogP contribution in [0, 0.1) is 0 Å². The third kappa shape index (κ3) is 2.77. The van der Waals surface area contributed by atoms with Crippen molar-refractivity contribution < 1.29 is 4.55 Å². The number of fused-ring (bicyclic) bond motifs is 1. The van der Waals surface area contributed by atoms with Gasteiger partial charge >= 0.3 is 5.16 Å². The molecular weight excluding hydrogens is 258 g/mol. The maximum absolute atomic E-state index is 12.2. The van der Waals surface area contributed by atoms with Crippen LogP contribution in [0.25, 0.3) is 11.0 Å². The fourth-order valence-electron chi connectivity index (χ4n) is 1.89. The van der Waals surface area contributed by atoms with Crippen molar-refractivity contribution in [2.45, 2.75) is 11.6 Å². The predicted octanol–water partition coefficient (Wildman–Crippen LogP) is 2.31. The highest BCUT2D eigenvalue weighted by atomic mass is 32.2. The second-order valence-corrected chi connectivity index (χ2v) is 5.71. The van der Waals surface area contributed by atoms with Gasteiger partial charge < -0.3 is 4.55 Å². The van der Waals surface area contributed by atoms with E-state index in [0.717, 1.165) is 17.5 Å². The zero-order valence-electron chi connectivity index (χ0n) is 10.2. The molecule has 1 N–H and O–H groups in total. The Morgan fingerprint density at radius 1 is 1.16 bits per heavy atom. The van der Waals surface area contributed by atoms with E-state index >= 15 is 0 Å². The van der Waals surface area contributed by atoms with Gasteiger partial charge in [-0.3, -0.25) is 9.97 Å². The Morgan fingerprint density at radius 3 is 2.79 bits per heavy atom. The molecule has 0 amide bonds. The minimum atomic E-state index is -1.11. The molecule has 2 aromatic heterocycles. The molecule has 0 aliphatic heterocycles. The zero-order chi connectivity index (χ0) is 13.1. The van der Waals surface area contributed by atoms with Gasteiger partial charge in [-0.2, -0.15) is 4.98 Å². The summed E-state index contributed by atoms with van der Waals surface area (Å²) in [5, 5.41) is 0.527. The third-order valence-electron chi connectivity index (χ3n) is 2.90. The number of H-pyrrole nitrogens is 1. The summed E-state index contributed by atoms with van der Waals surface area (Å²) in [5.41, 5.74) is 2.82. The molecule has 1 aromatic carbocycles. The van der Waals surface area contributed by atoms with E-state index in [1.807, 2.05) is 36.4 Å². The Labute approximate surface area is 114 Å². The molecular formula is C14H13N3OS. The summed E-state index contributed by atoms with van der Waals surface area (Å²) in [6, 6.07) is 11.9. The van der Waals surface area contributed by atoms with Crippen molar-refractivity contribution in [3.8, 4) is 0 Å². The summed E-state index contributed by atoms with van der Waals surface area (Å²) in [6.45, 7) is 0. The Balaban J connectivity index is 1.71. The van der Waals surface area contributed by atoms with Gasteiger partial charge in [-0.25, -0.2) is 0 Å². The summed E-state index contributed by atoms with van der Waals surface area (Å²) >= 11 is -1.11. The first-order chi connectivity index (χ1) is 9.33. The van der Waals surface area contributed by atoms with Crippen LogP contribution in [0.15, 0.2) is 53.9 Å². The molecule has 4 nitrogen and oxygen atoms in total. The minimum Gasteiger partial charge on any atom is -0.609 e. The molecule has 3 rings (SSSR count). The third-order valence-corrected chi connectivity index (χ3v) is 4.10. The quantitative estimate of drug-likeness (QED) is 0.740. The first-order valence-electron chi connectivity index (χ1n) is 6.05. The first-order valence-corrected chi connectivity index (χ1v) is 7.37. The molecule has 19 heavy (non-hydrogen) atoms. The van der Waals surface area contributed by atoms with Gasteiger partial charge in [0.25, 0.3) is 0 Å². The zero-order valence-corrected chi connectivity index (χ0v) is 11.1. The van der Waals surface area contributed by atoms with E-state index in [0.29, 0.717) is 10.9 Å². The molecule has 0 aliphatic rings. The van der Waals surface area contributed by atoms with Crippen molar-refractivity contribution in [3.05, 3.63) is 54.4 Å². The van der Waals surface area contributed by atoms with E-state index < -0.39 is 11.2 Å². The maximum Gasteiger partial charge on any atom is 0.321 e. The van der Waals surface area contributed by atoms with Crippen molar-refractivity contribution in [2.24, 2.45) is 0 Å². The van der Waals surface area contributed by atoms with E-state index in [1.54, 1.807) is 12.4 Å². The molecule has 3 aromatic rings. The normalized spacial score (nSPS) is 12.7. The average Bonchev–Trinajstić information content (AvgIpc) is 2.90. The van der Waals surface area contributed by atoms with Crippen molar-refractivity contribution in [1.29, 1.82) is 0 Å². The number of imidazole rings is 1. The number of aryl methyl sites for hydroxylation is 1. The van der Waals surface area contributed by atoms with Gasteiger partial charge in [0.1, 0.15) is 11.3 Å². The second-order valence-electron chi connectivity index (χ2n) is 4.22. The van der Waals surface area contributed by atoms with E-state index in [4.69, 9.17) is 0 Å². The SMILES string of the molecule is [O-][S+](CCc1ccccc1)c1nc2cnccc2[nH]1. The van der Waals surface area contributed by atoms with Crippen LogP contribution in [0.5, 0.6) is 0 Å².